The van der Waals surface area contributed by atoms with E-state index >= 15 is 0 Å². The molecule has 2 fully saturated rings. The van der Waals surface area contributed by atoms with Gasteiger partial charge in [0.25, 0.3) is 0 Å². The van der Waals surface area contributed by atoms with Crippen molar-refractivity contribution in [1.82, 2.24) is 10.2 Å². The summed E-state index contributed by atoms with van der Waals surface area (Å²) in [7, 11) is 0. The molecule has 0 unspecified atom stereocenters. The molecule has 1 saturated heterocycles. The number of likely N-dealkylation sites (tertiary alicyclic amines) is 1. The fourth-order valence-corrected chi connectivity index (χ4v) is 4.17. The van der Waals surface area contributed by atoms with Gasteiger partial charge in [0.2, 0.25) is 5.91 Å². The van der Waals surface area contributed by atoms with Crippen LogP contribution in [0.25, 0.3) is 0 Å². The van der Waals surface area contributed by atoms with Gasteiger partial charge in [0, 0.05) is 24.2 Å². The lowest BCUT2D eigenvalue weighted by atomic mass is 9.77. The number of carbonyl (C=O) groups excluding carboxylic acids is 2. The van der Waals surface area contributed by atoms with Crippen LogP contribution in [0.2, 0.25) is 5.02 Å². The van der Waals surface area contributed by atoms with Gasteiger partial charge in [-0.15, -0.1) is 0 Å². The fraction of sp³-hybridized carbons (Fsp3) is 0.556. The Kier molecular flexibility index (Phi) is 4.99. The highest BCUT2D eigenvalue weighted by Crippen LogP contribution is 2.42. The molecule has 3 amide bonds. The SMILES string of the molecule is NC(=O)N1CCC(NC(=O)C2(c3cccc(Cl)c3)CCCC2)CC1. The summed E-state index contributed by atoms with van der Waals surface area (Å²) in [4.78, 5) is 25.9. The van der Waals surface area contributed by atoms with Gasteiger partial charge in [0.1, 0.15) is 0 Å². The van der Waals surface area contributed by atoms with Crippen molar-refractivity contribution in [3.05, 3.63) is 34.9 Å². The van der Waals surface area contributed by atoms with E-state index in [2.05, 4.69) is 5.32 Å². The van der Waals surface area contributed by atoms with E-state index in [1.165, 1.54) is 0 Å². The maximum atomic E-state index is 13.1. The largest absolute Gasteiger partial charge is 0.352 e. The molecule has 1 saturated carbocycles. The van der Waals surface area contributed by atoms with E-state index in [1.807, 2.05) is 24.3 Å². The first-order valence-corrected chi connectivity index (χ1v) is 9.00. The van der Waals surface area contributed by atoms with Crippen LogP contribution in [-0.4, -0.2) is 36.0 Å². The van der Waals surface area contributed by atoms with Crippen molar-refractivity contribution < 1.29 is 9.59 Å². The van der Waals surface area contributed by atoms with Crippen molar-refractivity contribution in [1.29, 1.82) is 0 Å². The molecule has 1 aromatic carbocycles. The summed E-state index contributed by atoms with van der Waals surface area (Å²) in [6, 6.07) is 7.40. The summed E-state index contributed by atoms with van der Waals surface area (Å²) in [5.41, 5.74) is 5.86. The zero-order valence-corrected chi connectivity index (χ0v) is 14.5. The highest BCUT2D eigenvalue weighted by atomic mass is 35.5. The molecule has 1 aliphatic carbocycles. The number of primary amides is 1. The molecule has 6 heteroatoms. The Hall–Kier alpha value is -1.75. The number of benzene rings is 1. The normalized spacial score (nSPS) is 20.8. The lowest BCUT2D eigenvalue weighted by Gasteiger charge is -2.35. The van der Waals surface area contributed by atoms with Crippen LogP contribution in [-0.2, 0) is 10.2 Å². The molecule has 1 aromatic rings. The molecule has 3 N–H and O–H groups in total. The van der Waals surface area contributed by atoms with E-state index in [4.69, 9.17) is 17.3 Å². The summed E-state index contributed by atoms with van der Waals surface area (Å²) in [6.45, 7) is 1.20. The number of halogens is 1. The topological polar surface area (TPSA) is 75.4 Å². The number of nitrogens with one attached hydrogen (secondary N) is 1. The minimum atomic E-state index is -0.467. The monoisotopic (exact) mass is 349 g/mol. The highest BCUT2D eigenvalue weighted by molar-refractivity contribution is 6.30. The molecule has 5 nitrogen and oxygen atoms in total. The van der Waals surface area contributed by atoms with Gasteiger partial charge in [0.15, 0.2) is 0 Å². The molecule has 130 valence electrons. The molecule has 24 heavy (non-hydrogen) atoms. The van der Waals surface area contributed by atoms with Gasteiger partial charge in [-0.25, -0.2) is 4.79 Å². The number of hydrogen-bond donors (Lipinski definition) is 2. The Bertz CT molecular complexity index is 620. The zero-order valence-electron chi connectivity index (χ0n) is 13.8. The van der Waals surface area contributed by atoms with E-state index in [9.17, 15) is 9.59 Å². The molecular formula is C18H24ClN3O2. The molecule has 1 heterocycles. The third-order valence-corrected chi connectivity index (χ3v) is 5.65. The fourth-order valence-electron chi connectivity index (χ4n) is 3.98. The molecule has 1 aliphatic heterocycles. The third kappa shape index (κ3) is 3.36. The Labute approximate surface area is 147 Å². The lowest BCUT2D eigenvalue weighted by Crippen LogP contribution is -2.52. The van der Waals surface area contributed by atoms with Crippen molar-refractivity contribution >= 4 is 23.5 Å². The van der Waals surface area contributed by atoms with E-state index in [-0.39, 0.29) is 18.0 Å². The van der Waals surface area contributed by atoms with Gasteiger partial charge >= 0.3 is 6.03 Å². The van der Waals surface area contributed by atoms with Crippen molar-refractivity contribution in [2.45, 2.75) is 50.0 Å². The Morgan fingerprint density at radius 2 is 1.88 bits per heavy atom. The number of carbonyl (C=O) groups is 2. The van der Waals surface area contributed by atoms with Crippen molar-refractivity contribution in [2.75, 3.05) is 13.1 Å². The van der Waals surface area contributed by atoms with E-state index in [1.54, 1.807) is 4.90 Å². The maximum absolute atomic E-state index is 13.1. The van der Waals surface area contributed by atoms with Gasteiger partial charge < -0.3 is 16.0 Å². The number of nitrogens with two attached hydrogens (primary N) is 1. The highest BCUT2D eigenvalue weighted by Gasteiger charge is 2.43. The molecule has 3 rings (SSSR count). The second-order valence-corrected chi connectivity index (χ2v) is 7.31. The number of nitrogens with zero attached hydrogens (tertiary/aromatic N) is 1. The maximum Gasteiger partial charge on any atom is 0.314 e. The van der Waals surface area contributed by atoms with E-state index in [0.29, 0.717) is 18.1 Å². The van der Waals surface area contributed by atoms with Crippen LogP contribution in [0.3, 0.4) is 0 Å². The number of hydrogen-bond acceptors (Lipinski definition) is 2. The first-order chi connectivity index (χ1) is 11.5. The molecule has 0 bridgehead atoms. The summed E-state index contributed by atoms with van der Waals surface area (Å²) >= 11 is 6.15. The zero-order chi connectivity index (χ0) is 17.2. The van der Waals surface area contributed by atoms with E-state index < -0.39 is 5.41 Å². The average Bonchev–Trinajstić information content (AvgIpc) is 3.06. The molecule has 0 radical (unpaired) electrons. The van der Waals surface area contributed by atoms with E-state index in [0.717, 1.165) is 44.1 Å². The van der Waals surface area contributed by atoms with Crippen LogP contribution in [0.1, 0.15) is 44.1 Å². The molecule has 0 atom stereocenters. The van der Waals surface area contributed by atoms with Gasteiger partial charge in [-0.1, -0.05) is 36.6 Å². The van der Waals surface area contributed by atoms with Gasteiger partial charge in [0.05, 0.1) is 5.41 Å². The Morgan fingerprint density at radius 3 is 2.46 bits per heavy atom. The standard InChI is InChI=1S/C18H24ClN3O2/c19-14-5-3-4-13(12-14)18(8-1-2-9-18)16(23)21-15-6-10-22(11-7-15)17(20)24/h3-5,12,15H,1-2,6-11H2,(H2,20,24)(H,21,23). The summed E-state index contributed by atoms with van der Waals surface area (Å²) in [6.07, 6.45) is 5.33. The Balaban J connectivity index is 1.71. The average molecular weight is 350 g/mol. The van der Waals surface area contributed by atoms with Crippen molar-refractivity contribution in [2.24, 2.45) is 5.73 Å². The van der Waals surface area contributed by atoms with Gasteiger partial charge in [-0.3, -0.25) is 4.79 Å². The minimum absolute atomic E-state index is 0.0970. The predicted octanol–water partition coefficient (Wildman–Crippen LogP) is 2.81. The lowest BCUT2D eigenvalue weighted by molar-refractivity contribution is -0.127. The summed E-state index contributed by atoms with van der Waals surface area (Å²) in [5.74, 6) is 0.0970. The predicted molar refractivity (Wildman–Crippen MR) is 93.9 cm³/mol. The van der Waals surface area contributed by atoms with Gasteiger partial charge in [-0.05, 0) is 43.4 Å². The smallest absolute Gasteiger partial charge is 0.314 e. The second-order valence-electron chi connectivity index (χ2n) is 6.87. The number of urea groups is 1. The molecule has 2 aliphatic rings. The van der Waals surface area contributed by atoms with Crippen LogP contribution < -0.4 is 11.1 Å². The van der Waals surface area contributed by atoms with Crippen molar-refractivity contribution in [3.63, 3.8) is 0 Å². The first-order valence-electron chi connectivity index (χ1n) is 8.63. The Morgan fingerprint density at radius 1 is 1.21 bits per heavy atom. The summed E-state index contributed by atoms with van der Waals surface area (Å²) in [5, 5.41) is 3.89. The van der Waals surface area contributed by atoms with Crippen molar-refractivity contribution in [3.8, 4) is 0 Å². The van der Waals surface area contributed by atoms with Crippen LogP contribution in [0.15, 0.2) is 24.3 Å². The first kappa shape index (κ1) is 17.1. The molecule has 0 aromatic heterocycles. The quantitative estimate of drug-likeness (QED) is 0.880. The number of amides is 3. The number of rotatable bonds is 3. The molecule has 0 spiro atoms. The van der Waals surface area contributed by atoms with Crippen LogP contribution in [0.4, 0.5) is 4.79 Å². The molecular weight excluding hydrogens is 326 g/mol. The second kappa shape index (κ2) is 7.01. The number of piperidine rings is 1. The van der Waals surface area contributed by atoms with Gasteiger partial charge in [-0.2, -0.15) is 0 Å². The van der Waals surface area contributed by atoms with Crippen LogP contribution in [0.5, 0.6) is 0 Å². The van der Waals surface area contributed by atoms with Crippen LogP contribution in [0, 0.1) is 0 Å². The third-order valence-electron chi connectivity index (χ3n) is 5.41. The summed E-state index contributed by atoms with van der Waals surface area (Å²) < 4.78 is 0. The van der Waals surface area contributed by atoms with Crippen LogP contribution >= 0.6 is 11.6 Å². The minimum Gasteiger partial charge on any atom is -0.352 e.